The van der Waals surface area contributed by atoms with Gasteiger partial charge in [0.2, 0.25) is 0 Å². The van der Waals surface area contributed by atoms with Gasteiger partial charge in [0.1, 0.15) is 5.82 Å². The molecule has 6 heteroatoms. The molecular weight excluding hydrogens is 389 g/mol. The van der Waals surface area contributed by atoms with E-state index in [4.69, 9.17) is 4.74 Å². The molecule has 4 rings (SSSR count). The van der Waals surface area contributed by atoms with E-state index in [2.05, 4.69) is 9.97 Å². The lowest BCUT2D eigenvalue weighted by molar-refractivity contribution is 0.337. The molecule has 3 aromatic carbocycles. The molecule has 0 unspecified atom stereocenters. The third-order valence-corrected chi connectivity index (χ3v) is 4.90. The van der Waals surface area contributed by atoms with Crippen LogP contribution in [-0.4, -0.2) is 16.6 Å². The van der Waals surface area contributed by atoms with Crippen LogP contribution in [-0.2, 0) is 12.8 Å². The van der Waals surface area contributed by atoms with Crippen molar-refractivity contribution in [2.24, 2.45) is 0 Å². The highest BCUT2D eigenvalue weighted by Crippen LogP contribution is 2.27. The molecule has 0 fully saturated rings. The summed E-state index contributed by atoms with van der Waals surface area (Å²) in [5, 5.41) is 1.23. The van der Waals surface area contributed by atoms with E-state index >= 15 is 4.39 Å². The molecule has 0 aliphatic heterocycles. The number of fused-ring (bicyclic) bond motifs is 1. The van der Waals surface area contributed by atoms with Gasteiger partial charge in [0, 0.05) is 10.9 Å². The average molecular weight is 408 g/mol. The summed E-state index contributed by atoms with van der Waals surface area (Å²) in [6.45, 7) is 2.42. The number of benzene rings is 3. The van der Waals surface area contributed by atoms with E-state index in [1.54, 1.807) is 30.6 Å². The first kappa shape index (κ1) is 19.9. The van der Waals surface area contributed by atoms with Crippen LogP contribution in [0.25, 0.3) is 22.2 Å². The summed E-state index contributed by atoms with van der Waals surface area (Å²) in [7, 11) is 0. The molecule has 0 N–H and O–H groups in total. The number of nitrogens with zero attached hydrogens (tertiary/aromatic N) is 2. The molecule has 0 atom stereocenters. The Hall–Kier alpha value is -3.41. The van der Waals surface area contributed by atoms with Gasteiger partial charge in [0.15, 0.2) is 23.2 Å². The van der Waals surface area contributed by atoms with Crippen LogP contribution >= 0.6 is 0 Å². The fraction of sp³-hybridized carbons (Fsp3) is 0.167. The highest BCUT2D eigenvalue weighted by Gasteiger charge is 2.11. The summed E-state index contributed by atoms with van der Waals surface area (Å²) in [5.74, 6) is -0.963. The van der Waals surface area contributed by atoms with Gasteiger partial charge in [0.05, 0.1) is 19.0 Å². The zero-order valence-corrected chi connectivity index (χ0v) is 16.3. The van der Waals surface area contributed by atoms with E-state index in [1.165, 1.54) is 6.07 Å². The van der Waals surface area contributed by atoms with Gasteiger partial charge >= 0.3 is 0 Å². The van der Waals surface area contributed by atoms with Crippen molar-refractivity contribution in [2.45, 2.75) is 19.8 Å². The third-order valence-electron chi connectivity index (χ3n) is 4.90. The second-order valence-corrected chi connectivity index (χ2v) is 6.90. The van der Waals surface area contributed by atoms with Crippen LogP contribution in [0.3, 0.4) is 0 Å². The second-order valence-electron chi connectivity index (χ2n) is 6.90. The van der Waals surface area contributed by atoms with Crippen LogP contribution in [0.2, 0.25) is 0 Å². The minimum Gasteiger partial charge on any atom is -0.491 e. The lowest BCUT2D eigenvalue weighted by Gasteiger charge is -2.09. The van der Waals surface area contributed by atoms with Crippen LogP contribution in [0, 0.1) is 17.5 Å². The van der Waals surface area contributed by atoms with E-state index in [9.17, 15) is 8.78 Å². The normalized spacial score (nSPS) is 11.1. The summed E-state index contributed by atoms with van der Waals surface area (Å²) in [6.07, 6.45) is 4.02. The maximum atomic E-state index is 15.0. The predicted octanol–water partition coefficient (Wildman–Crippen LogP) is 5.90. The molecule has 1 heterocycles. The molecule has 0 bridgehead atoms. The largest absolute Gasteiger partial charge is 0.491 e. The summed E-state index contributed by atoms with van der Waals surface area (Å²) in [4.78, 5) is 8.61. The Morgan fingerprint density at radius 3 is 2.37 bits per heavy atom. The molecular formula is C24H19F3N2O. The van der Waals surface area contributed by atoms with Crippen molar-refractivity contribution in [1.82, 2.24) is 9.97 Å². The van der Waals surface area contributed by atoms with Crippen LogP contribution in [0.1, 0.15) is 18.1 Å². The van der Waals surface area contributed by atoms with Gasteiger partial charge in [-0.15, -0.1) is 0 Å². The molecule has 0 radical (unpaired) electrons. The van der Waals surface area contributed by atoms with E-state index in [1.807, 2.05) is 19.1 Å². The summed E-state index contributed by atoms with van der Waals surface area (Å²) in [5.41, 5.74) is 1.92. The molecule has 0 saturated carbocycles. The fourth-order valence-electron chi connectivity index (χ4n) is 3.35. The molecule has 152 valence electrons. The van der Waals surface area contributed by atoms with Crippen LogP contribution in [0.4, 0.5) is 13.2 Å². The number of aromatic nitrogens is 2. The Kier molecular flexibility index (Phi) is 5.65. The Bertz CT molecular complexity index is 1190. The summed E-state index contributed by atoms with van der Waals surface area (Å²) >= 11 is 0. The fourth-order valence-corrected chi connectivity index (χ4v) is 3.35. The highest BCUT2D eigenvalue weighted by molar-refractivity contribution is 5.87. The van der Waals surface area contributed by atoms with Gasteiger partial charge in [-0.3, -0.25) is 0 Å². The third kappa shape index (κ3) is 4.13. The van der Waals surface area contributed by atoms with Gasteiger partial charge < -0.3 is 4.74 Å². The minimum absolute atomic E-state index is 0.311. The first-order valence-corrected chi connectivity index (χ1v) is 9.65. The van der Waals surface area contributed by atoms with Gasteiger partial charge in [-0.2, -0.15) is 0 Å². The van der Waals surface area contributed by atoms with Gasteiger partial charge in [-0.1, -0.05) is 30.3 Å². The SMILES string of the molecule is CCOc1cnc(-c2ccc3c(F)c(CCc4ccc(F)c(F)c4)ccc3c2)nc1. The monoisotopic (exact) mass is 408 g/mol. The molecule has 0 aliphatic carbocycles. The maximum Gasteiger partial charge on any atom is 0.159 e. The van der Waals surface area contributed by atoms with Gasteiger partial charge in [0.25, 0.3) is 0 Å². The number of rotatable bonds is 6. The van der Waals surface area contributed by atoms with Crippen molar-refractivity contribution in [3.05, 3.63) is 89.5 Å². The predicted molar refractivity (Wildman–Crippen MR) is 110 cm³/mol. The lowest BCUT2D eigenvalue weighted by atomic mass is 9.99. The first-order chi connectivity index (χ1) is 14.5. The van der Waals surface area contributed by atoms with Crippen LogP contribution in [0.15, 0.2) is 60.9 Å². The van der Waals surface area contributed by atoms with Crippen molar-refractivity contribution in [3.63, 3.8) is 0 Å². The number of hydrogen-bond donors (Lipinski definition) is 0. The Morgan fingerprint density at radius 2 is 1.63 bits per heavy atom. The molecule has 0 aliphatic rings. The molecule has 4 aromatic rings. The quantitative estimate of drug-likeness (QED) is 0.399. The minimum atomic E-state index is -0.893. The molecule has 3 nitrogen and oxygen atoms in total. The molecule has 30 heavy (non-hydrogen) atoms. The van der Waals surface area contributed by atoms with Crippen molar-refractivity contribution < 1.29 is 17.9 Å². The van der Waals surface area contributed by atoms with Crippen LogP contribution in [0.5, 0.6) is 5.75 Å². The Balaban J connectivity index is 1.56. The van der Waals surface area contributed by atoms with Crippen molar-refractivity contribution >= 4 is 10.8 Å². The zero-order chi connectivity index (χ0) is 21.1. The van der Waals surface area contributed by atoms with E-state index in [0.717, 1.165) is 23.1 Å². The van der Waals surface area contributed by atoms with Gasteiger partial charge in [-0.05, 0) is 54.5 Å². The first-order valence-electron chi connectivity index (χ1n) is 9.65. The lowest BCUT2D eigenvalue weighted by Crippen LogP contribution is -1.98. The maximum absolute atomic E-state index is 15.0. The number of aryl methyl sites for hydroxylation is 2. The summed E-state index contributed by atoms with van der Waals surface area (Å²) in [6, 6.07) is 12.6. The van der Waals surface area contributed by atoms with E-state index in [0.29, 0.717) is 47.5 Å². The van der Waals surface area contributed by atoms with Crippen molar-refractivity contribution in [2.75, 3.05) is 6.61 Å². The second kappa shape index (κ2) is 8.53. The van der Waals surface area contributed by atoms with Crippen LogP contribution < -0.4 is 4.74 Å². The standard InChI is InChI=1S/C24H19F3N2O/c1-2-30-19-13-28-24(29-14-19)18-8-9-20-17(12-18)7-6-16(23(20)27)5-3-15-4-10-21(25)22(26)11-15/h4,6-14H,2-3,5H2,1H3. The highest BCUT2D eigenvalue weighted by atomic mass is 19.2. The molecule has 0 spiro atoms. The summed E-state index contributed by atoms with van der Waals surface area (Å²) < 4.78 is 46.8. The topological polar surface area (TPSA) is 35.0 Å². The zero-order valence-electron chi connectivity index (χ0n) is 16.3. The number of ether oxygens (including phenoxy) is 1. The van der Waals surface area contributed by atoms with E-state index < -0.39 is 11.6 Å². The van der Waals surface area contributed by atoms with E-state index in [-0.39, 0.29) is 5.82 Å². The van der Waals surface area contributed by atoms with Crippen molar-refractivity contribution in [3.8, 4) is 17.1 Å². The smallest absolute Gasteiger partial charge is 0.159 e. The molecule has 1 aromatic heterocycles. The molecule has 0 amide bonds. The van der Waals surface area contributed by atoms with Gasteiger partial charge in [-0.25, -0.2) is 23.1 Å². The number of hydrogen-bond acceptors (Lipinski definition) is 3. The Labute approximate surface area is 172 Å². The van der Waals surface area contributed by atoms with Crippen molar-refractivity contribution in [1.29, 1.82) is 0 Å². The molecule has 0 saturated heterocycles. The number of halogens is 3. The Morgan fingerprint density at radius 1 is 0.833 bits per heavy atom. The average Bonchev–Trinajstić information content (AvgIpc) is 2.76.